The fourth-order valence-corrected chi connectivity index (χ4v) is 3.42. The Balaban J connectivity index is 0.00000124. The lowest BCUT2D eigenvalue weighted by Crippen LogP contribution is -2.20. The second kappa shape index (κ2) is 10.0. The molecule has 0 fully saturated rings. The van der Waals surface area contributed by atoms with Crippen LogP contribution < -0.4 is 5.56 Å². The first-order valence-corrected chi connectivity index (χ1v) is 10.4. The number of rotatable bonds is 5. The van der Waals surface area contributed by atoms with E-state index in [0.717, 1.165) is 34.8 Å². The van der Waals surface area contributed by atoms with E-state index in [9.17, 15) is 9.59 Å². The Hall–Kier alpha value is -3.17. The highest BCUT2D eigenvalue weighted by atomic mass is 35.5. The van der Waals surface area contributed by atoms with Crippen LogP contribution in [0, 0.1) is 0 Å². The fraction of sp³-hybridized carbons (Fsp3) is 0.154. The van der Waals surface area contributed by atoms with Crippen molar-refractivity contribution in [2.45, 2.75) is 26.8 Å². The van der Waals surface area contributed by atoms with E-state index in [2.05, 4.69) is 0 Å². The average Bonchev–Trinajstić information content (AvgIpc) is 2.80. The van der Waals surface area contributed by atoms with Crippen molar-refractivity contribution in [3.05, 3.63) is 105 Å². The number of fused-ring (bicyclic) bond motifs is 1. The Morgan fingerprint density at radius 1 is 0.867 bits per heavy atom. The van der Waals surface area contributed by atoms with Crippen molar-refractivity contribution in [1.82, 2.24) is 4.57 Å². The number of halogens is 1. The number of benzene rings is 3. The van der Waals surface area contributed by atoms with Gasteiger partial charge in [0.2, 0.25) is 0 Å². The fourth-order valence-electron chi connectivity index (χ4n) is 3.30. The van der Waals surface area contributed by atoms with Crippen molar-refractivity contribution < 1.29 is 4.79 Å². The van der Waals surface area contributed by atoms with E-state index in [1.807, 2.05) is 80.7 Å². The second-order valence-electron chi connectivity index (χ2n) is 6.73. The van der Waals surface area contributed by atoms with Gasteiger partial charge in [0, 0.05) is 28.7 Å². The van der Waals surface area contributed by atoms with E-state index in [-0.39, 0.29) is 5.56 Å². The molecule has 0 aliphatic rings. The van der Waals surface area contributed by atoms with Crippen LogP contribution in [0.15, 0.2) is 83.8 Å². The molecule has 152 valence electrons. The van der Waals surface area contributed by atoms with Gasteiger partial charge >= 0.3 is 0 Å². The summed E-state index contributed by atoms with van der Waals surface area (Å²) in [5.74, 6) is 0. The number of carbonyl (C=O) groups is 1. The van der Waals surface area contributed by atoms with Crippen molar-refractivity contribution in [3.8, 4) is 11.1 Å². The summed E-state index contributed by atoms with van der Waals surface area (Å²) in [6, 6.07) is 23.0. The lowest BCUT2D eigenvalue weighted by atomic mass is 10.0. The third-order valence-corrected chi connectivity index (χ3v) is 5.16. The van der Waals surface area contributed by atoms with Crippen LogP contribution in [0.1, 0.15) is 29.8 Å². The second-order valence-corrected chi connectivity index (χ2v) is 7.17. The largest absolute Gasteiger partial charge is 0.315 e. The maximum Gasteiger partial charge on any atom is 0.258 e. The number of hydrogen-bond donors (Lipinski definition) is 0. The van der Waals surface area contributed by atoms with Crippen molar-refractivity contribution >= 4 is 28.7 Å². The van der Waals surface area contributed by atoms with Crippen LogP contribution in [0.25, 0.3) is 21.9 Å². The van der Waals surface area contributed by atoms with Gasteiger partial charge in [-0.2, -0.15) is 0 Å². The van der Waals surface area contributed by atoms with Crippen LogP contribution in [0.2, 0.25) is 5.02 Å². The van der Waals surface area contributed by atoms with Crippen molar-refractivity contribution in [1.29, 1.82) is 0 Å². The molecule has 3 nitrogen and oxygen atoms in total. The van der Waals surface area contributed by atoms with Crippen LogP contribution in [0.3, 0.4) is 0 Å². The number of aryl methyl sites for hydroxylation is 2. The van der Waals surface area contributed by atoms with Crippen molar-refractivity contribution in [3.63, 3.8) is 0 Å². The van der Waals surface area contributed by atoms with Gasteiger partial charge < -0.3 is 4.57 Å². The molecule has 3 aromatic carbocycles. The first-order valence-electron chi connectivity index (χ1n) is 10.1. The zero-order valence-corrected chi connectivity index (χ0v) is 17.9. The number of nitrogens with zero attached hydrogens (tertiary/aromatic N) is 1. The normalized spacial score (nSPS) is 10.4. The molecule has 0 spiro atoms. The quantitative estimate of drug-likeness (QED) is 0.352. The highest BCUT2D eigenvalue weighted by Gasteiger charge is 2.06. The van der Waals surface area contributed by atoms with Crippen LogP contribution >= 0.6 is 11.6 Å². The summed E-state index contributed by atoms with van der Waals surface area (Å²) in [6.45, 7) is 4.59. The summed E-state index contributed by atoms with van der Waals surface area (Å²) >= 11 is 5.96. The molecule has 0 aliphatic carbocycles. The van der Waals surface area contributed by atoms with Gasteiger partial charge in [-0.3, -0.25) is 9.59 Å². The van der Waals surface area contributed by atoms with Gasteiger partial charge in [-0.05, 0) is 58.8 Å². The van der Waals surface area contributed by atoms with Gasteiger partial charge in [0.25, 0.3) is 5.56 Å². The number of carbonyl (C=O) groups excluding carboxylic acids is 1. The lowest BCUT2D eigenvalue weighted by molar-refractivity contribution is 0.112. The van der Waals surface area contributed by atoms with Gasteiger partial charge in [-0.1, -0.05) is 67.9 Å². The minimum atomic E-state index is 0.00432. The molecule has 0 aliphatic heterocycles. The van der Waals surface area contributed by atoms with E-state index in [4.69, 9.17) is 11.6 Å². The van der Waals surface area contributed by atoms with Crippen LogP contribution in [-0.4, -0.2) is 10.9 Å². The minimum Gasteiger partial charge on any atom is -0.315 e. The standard InChI is InChI=1S/C24H18ClNO2.C2H6/c25-22-8-5-19(6-9-22)20-7-10-23-21(15-20)12-14-26(24(23)28)13-11-17-1-3-18(16-27)4-2-17;1-2/h1-10,12,14-16H,11,13H2;1-2H3. The Morgan fingerprint density at radius 3 is 2.20 bits per heavy atom. The highest BCUT2D eigenvalue weighted by molar-refractivity contribution is 6.30. The third kappa shape index (κ3) is 4.87. The van der Waals surface area contributed by atoms with Crippen molar-refractivity contribution in [2.24, 2.45) is 0 Å². The molecule has 0 N–H and O–H groups in total. The maximum atomic E-state index is 12.8. The number of aldehydes is 1. The zero-order valence-electron chi connectivity index (χ0n) is 17.1. The maximum absolute atomic E-state index is 12.8. The van der Waals surface area contributed by atoms with Gasteiger partial charge in [-0.15, -0.1) is 0 Å². The molecule has 0 saturated carbocycles. The number of hydrogen-bond acceptors (Lipinski definition) is 2. The highest BCUT2D eigenvalue weighted by Crippen LogP contribution is 2.24. The Labute approximate surface area is 181 Å². The Bertz CT molecular complexity index is 1190. The van der Waals surface area contributed by atoms with Crippen LogP contribution in [0.5, 0.6) is 0 Å². The number of pyridine rings is 1. The molecule has 4 rings (SSSR count). The first-order chi connectivity index (χ1) is 14.6. The van der Waals surface area contributed by atoms with Crippen LogP contribution in [0.4, 0.5) is 0 Å². The van der Waals surface area contributed by atoms with Crippen LogP contribution in [-0.2, 0) is 13.0 Å². The van der Waals surface area contributed by atoms with Gasteiger partial charge in [0.05, 0.1) is 0 Å². The summed E-state index contributed by atoms with van der Waals surface area (Å²) in [5.41, 5.74) is 3.87. The van der Waals surface area contributed by atoms with E-state index >= 15 is 0 Å². The molecule has 4 aromatic rings. The Kier molecular flexibility index (Phi) is 7.21. The van der Waals surface area contributed by atoms with Gasteiger partial charge in [0.1, 0.15) is 6.29 Å². The topological polar surface area (TPSA) is 39.1 Å². The first kappa shape index (κ1) is 21.5. The molecule has 0 unspecified atom stereocenters. The molecular weight excluding hydrogens is 394 g/mol. The SMILES string of the molecule is CC.O=Cc1ccc(CCn2ccc3cc(-c4ccc(Cl)cc4)ccc3c2=O)cc1. The summed E-state index contributed by atoms with van der Waals surface area (Å²) in [5, 5.41) is 2.33. The minimum absolute atomic E-state index is 0.00432. The summed E-state index contributed by atoms with van der Waals surface area (Å²) < 4.78 is 1.73. The zero-order chi connectivity index (χ0) is 21.5. The van der Waals surface area contributed by atoms with Gasteiger partial charge in [-0.25, -0.2) is 0 Å². The molecule has 0 bridgehead atoms. The molecule has 1 heterocycles. The predicted octanol–water partition coefficient (Wildman–Crippen LogP) is 6.40. The summed E-state index contributed by atoms with van der Waals surface area (Å²) in [6.07, 6.45) is 3.40. The van der Waals surface area contributed by atoms with E-state index in [0.29, 0.717) is 22.5 Å². The van der Waals surface area contributed by atoms with E-state index < -0.39 is 0 Å². The molecule has 0 amide bonds. The monoisotopic (exact) mass is 417 g/mol. The van der Waals surface area contributed by atoms with E-state index in [1.165, 1.54) is 0 Å². The van der Waals surface area contributed by atoms with Crippen molar-refractivity contribution in [2.75, 3.05) is 0 Å². The number of aromatic nitrogens is 1. The molecule has 0 atom stereocenters. The third-order valence-electron chi connectivity index (χ3n) is 4.91. The summed E-state index contributed by atoms with van der Waals surface area (Å²) in [7, 11) is 0. The molecule has 0 saturated heterocycles. The van der Waals surface area contributed by atoms with Gasteiger partial charge in [0.15, 0.2) is 0 Å². The average molecular weight is 418 g/mol. The molecular formula is C26H24ClNO2. The Morgan fingerprint density at radius 2 is 1.53 bits per heavy atom. The van der Waals surface area contributed by atoms with E-state index in [1.54, 1.807) is 16.7 Å². The predicted molar refractivity (Wildman–Crippen MR) is 126 cm³/mol. The smallest absolute Gasteiger partial charge is 0.258 e. The lowest BCUT2D eigenvalue weighted by Gasteiger charge is -2.09. The molecule has 0 radical (unpaired) electrons. The molecule has 1 aromatic heterocycles. The molecule has 30 heavy (non-hydrogen) atoms. The molecule has 4 heteroatoms. The summed E-state index contributed by atoms with van der Waals surface area (Å²) in [4.78, 5) is 23.6.